The van der Waals surface area contributed by atoms with E-state index in [0.717, 1.165) is 0 Å². The van der Waals surface area contributed by atoms with Crippen LogP contribution < -0.4 is 0 Å². The summed E-state index contributed by atoms with van der Waals surface area (Å²) in [6.45, 7) is 1.32. The quantitative estimate of drug-likeness (QED) is 0.418. The summed E-state index contributed by atoms with van der Waals surface area (Å²) < 4.78 is 4.29. The summed E-state index contributed by atoms with van der Waals surface area (Å²) in [7, 11) is 0. The van der Waals surface area contributed by atoms with Crippen LogP contribution in [0.5, 0.6) is 0 Å². The molecule has 0 spiro atoms. The molecule has 11 heavy (non-hydrogen) atoms. The van der Waals surface area contributed by atoms with Gasteiger partial charge >= 0.3 is 5.97 Å². The highest BCUT2D eigenvalue weighted by atomic mass is 16.7. The van der Waals surface area contributed by atoms with Gasteiger partial charge in [0.2, 0.25) is 6.10 Å². The molecular formula is C6H10O5. The van der Waals surface area contributed by atoms with Crippen molar-refractivity contribution in [1.29, 1.82) is 0 Å². The van der Waals surface area contributed by atoms with Gasteiger partial charge in [-0.25, -0.2) is 4.79 Å². The number of aliphatic hydroxyl groups excluding tert-OH is 3. The maximum Gasteiger partial charge on any atom is 0.351 e. The number of rotatable bonds is 3. The van der Waals surface area contributed by atoms with Crippen LogP contribution in [0.1, 0.15) is 6.92 Å². The van der Waals surface area contributed by atoms with Gasteiger partial charge in [-0.1, -0.05) is 0 Å². The fourth-order valence-electron chi connectivity index (χ4n) is 0.765. The molecule has 0 aliphatic carbocycles. The molecule has 0 aromatic carbocycles. The van der Waals surface area contributed by atoms with Crippen LogP contribution in [0.4, 0.5) is 0 Å². The first-order valence-electron chi connectivity index (χ1n) is 3.28. The van der Waals surface area contributed by atoms with E-state index < -0.39 is 30.4 Å². The van der Waals surface area contributed by atoms with Crippen molar-refractivity contribution in [2.24, 2.45) is 0 Å². The zero-order chi connectivity index (χ0) is 8.59. The topological polar surface area (TPSA) is 90.3 Å². The van der Waals surface area contributed by atoms with Crippen molar-refractivity contribution in [2.75, 3.05) is 0 Å². The number of ether oxygens (including phenoxy) is 1. The molecule has 1 fully saturated rings. The molecule has 0 amide bonds. The van der Waals surface area contributed by atoms with E-state index in [1.807, 2.05) is 0 Å². The molecule has 0 aromatic heterocycles. The van der Waals surface area contributed by atoms with E-state index in [2.05, 4.69) is 4.74 Å². The molecule has 1 rings (SSSR count). The normalized spacial score (nSPS) is 30.5. The first-order valence-corrected chi connectivity index (χ1v) is 3.28. The van der Waals surface area contributed by atoms with Crippen molar-refractivity contribution in [2.45, 2.75) is 31.3 Å². The Labute approximate surface area is 63.2 Å². The third-order valence-electron chi connectivity index (χ3n) is 1.57. The summed E-state index contributed by atoms with van der Waals surface area (Å²) in [6, 6.07) is 0. The smallest absolute Gasteiger partial charge is 0.351 e. The maximum atomic E-state index is 10.3. The highest BCUT2D eigenvalue weighted by Gasteiger charge is 2.48. The fourth-order valence-corrected chi connectivity index (χ4v) is 0.765. The van der Waals surface area contributed by atoms with Crippen molar-refractivity contribution < 1.29 is 24.9 Å². The first-order chi connectivity index (χ1) is 5.04. The second kappa shape index (κ2) is 2.77. The Morgan fingerprint density at radius 3 is 2.18 bits per heavy atom. The molecule has 1 heterocycles. The number of aliphatic hydroxyl groups is 3. The summed E-state index contributed by atoms with van der Waals surface area (Å²) in [6.07, 6.45) is -4.66. The second-order valence-corrected chi connectivity index (χ2v) is 2.58. The van der Waals surface area contributed by atoms with Crippen LogP contribution >= 0.6 is 0 Å². The second-order valence-electron chi connectivity index (χ2n) is 2.58. The highest BCUT2D eigenvalue weighted by Crippen LogP contribution is 2.20. The van der Waals surface area contributed by atoms with E-state index in [9.17, 15) is 4.79 Å². The summed E-state index contributed by atoms with van der Waals surface area (Å²) in [4.78, 5) is 10.3. The average Bonchev–Trinajstić information content (AvgIpc) is 2.63. The molecule has 0 radical (unpaired) electrons. The maximum absolute atomic E-state index is 10.3. The van der Waals surface area contributed by atoms with Crippen molar-refractivity contribution in [1.82, 2.24) is 0 Å². The third kappa shape index (κ3) is 1.68. The lowest BCUT2D eigenvalue weighted by molar-refractivity contribution is -0.117. The molecule has 5 heteroatoms. The number of cyclic esters (lactones) is 1. The van der Waals surface area contributed by atoms with Gasteiger partial charge in [0.05, 0.1) is 6.10 Å². The number of hydrogen-bond donors (Lipinski definition) is 3. The Hall–Kier alpha value is -0.650. The SMILES string of the molecule is C[C@H](O)[C@@H](O)[C@H](O)[C@H]1OC1=O. The fraction of sp³-hybridized carbons (Fsp3) is 0.833. The van der Waals surface area contributed by atoms with Crippen molar-refractivity contribution in [3.8, 4) is 0 Å². The van der Waals surface area contributed by atoms with E-state index in [0.29, 0.717) is 0 Å². The summed E-state index contributed by atoms with van der Waals surface area (Å²) in [5.74, 6) is -0.544. The molecule has 0 saturated carbocycles. The molecule has 3 N–H and O–H groups in total. The Morgan fingerprint density at radius 1 is 1.45 bits per heavy atom. The number of carbonyl (C=O) groups excluding carboxylic acids is 1. The van der Waals surface area contributed by atoms with E-state index in [1.165, 1.54) is 6.92 Å². The van der Waals surface area contributed by atoms with Crippen LogP contribution in [-0.4, -0.2) is 45.7 Å². The molecule has 1 aliphatic heterocycles. The lowest BCUT2D eigenvalue weighted by Gasteiger charge is -2.16. The van der Waals surface area contributed by atoms with Crippen LogP contribution in [0.3, 0.4) is 0 Å². The molecule has 0 bridgehead atoms. The van der Waals surface area contributed by atoms with Gasteiger partial charge in [-0.2, -0.15) is 0 Å². The van der Waals surface area contributed by atoms with E-state index in [-0.39, 0.29) is 0 Å². The van der Waals surface area contributed by atoms with E-state index in [4.69, 9.17) is 15.3 Å². The Bertz CT molecular complexity index is 166. The van der Waals surface area contributed by atoms with Gasteiger partial charge in [-0.05, 0) is 6.92 Å². The predicted octanol–water partition coefficient (Wildman–Crippen LogP) is -1.99. The monoisotopic (exact) mass is 162 g/mol. The van der Waals surface area contributed by atoms with Crippen LogP contribution in [0, 0.1) is 0 Å². The van der Waals surface area contributed by atoms with Gasteiger partial charge in [0.25, 0.3) is 0 Å². The van der Waals surface area contributed by atoms with E-state index in [1.54, 1.807) is 0 Å². The van der Waals surface area contributed by atoms with Crippen molar-refractivity contribution in [3.05, 3.63) is 0 Å². The Balaban J connectivity index is 2.41. The lowest BCUT2D eigenvalue weighted by atomic mass is 10.1. The van der Waals surface area contributed by atoms with Gasteiger partial charge in [0.15, 0.2) is 0 Å². The molecule has 0 unspecified atom stereocenters. The number of carbonyl (C=O) groups is 1. The van der Waals surface area contributed by atoms with Crippen LogP contribution in [0.15, 0.2) is 0 Å². The number of epoxide rings is 1. The highest BCUT2D eigenvalue weighted by molar-refractivity contribution is 5.88. The first kappa shape index (κ1) is 8.45. The zero-order valence-electron chi connectivity index (χ0n) is 5.97. The van der Waals surface area contributed by atoms with Crippen molar-refractivity contribution >= 4 is 5.97 Å². The standard InChI is InChI=1S/C6H10O5/c1-2(7)3(8)4(9)5-6(10)11-5/h2-5,7-9H,1H3/t2-,3+,4-,5+/m0/s1. The van der Waals surface area contributed by atoms with Crippen molar-refractivity contribution in [3.63, 3.8) is 0 Å². The lowest BCUT2D eigenvalue weighted by Crippen LogP contribution is -2.39. The van der Waals surface area contributed by atoms with Gasteiger partial charge in [-0.3, -0.25) is 0 Å². The molecule has 5 nitrogen and oxygen atoms in total. The third-order valence-corrected chi connectivity index (χ3v) is 1.57. The molecule has 1 saturated heterocycles. The molecule has 1 aliphatic rings. The minimum Gasteiger partial charge on any atom is -0.445 e. The summed E-state index contributed by atoms with van der Waals surface area (Å²) in [5.41, 5.74) is 0. The van der Waals surface area contributed by atoms with Gasteiger partial charge in [-0.15, -0.1) is 0 Å². The van der Waals surface area contributed by atoms with Gasteiger partial charge in [0.1, 0.15) is 12.2 Å². The molecule has 0 aromatic rings. The minimum absolute atomic E-state index is 0.544. The molecular weight excluding hydrogens is 152 g/mol. The zero-order valence-corrected chi connectivity index (χ0v) is 5.97. The predicted molar refractivity (Wildman–Crippen MR) is 33.6 cm³/mol. The largest absolute Gasteiger partial charge is 0.445 e. The van der Waals surface area contributed by atoms with Crippen LogP contribution in [0.2, 0.25) is 0 Å². The average molecular weight is 162 g/mol. The molecule has 4 atom stereocenters. The summed E-state index contributed by atoms with van der Waals surface area (Å²) in [5, 5.41) is 26.8. The summed E-state index contributed by atoms with van der Waals surface area (Å²) >= 11 is 0. The Morgan fingerprint density at radius 2 is 1.91 bits per heavy atom. The van der Waals surface area contributed by atoms with Gasteiger partial charge in [0, 0.05) is 0 Å². The van der Waals surface area contributed by atoms with Gasteiger partial charge < -0.3 is 20.1 Å². The number of hydrogen-bond acceptors (Lipinski definition) is 5. The van der Waals surface area contributed by atoms with Crippen LogP contribution in [-0.2, 0) is 9.53 Å². The Kier molecular flexibility index (Phi) is 2.12. The minimum atomic E-state index is -1.33. The van der Waals surface area contributed by atoms with Crippen LogP contribution in [0.25, 0.3) is 0 Å². The molecule has 64 valence electrons. The van der Waals surface area contributed by atoms with E-state index >= 15 is 0 Å².